The van der Waals surface area contributed by atoms with Crippen molar-refractivity contribution in [2.24, 2.45) is 5.92 Å². The van der Waals surface area contributed by atoms with Gasteiger partial charge in [0, 0.05) is 31.4 Å². The van der Waals surface area contributed by atoms with Crippen LogP contribution in [0.25, 0.3) is 0 Å². The average Bonchev–Trinajstić information content (AvgIpc) is 3.21. The second kappa shape index (κ2) is 9.96. The van der Waals surface area contributed by atoms with Crippen molar-refractivity contribution < 1.29 is 14.3 Å². The fourth-order valence-corrected chi connectivity index (χ4v) is 3.82. The maximum Gasteiger partial charge on any atom is 0.237 e. The Hall–Kier alpha value is -4.18. The van der Waals surface area contributed by atoms with Crippen molar-refractivity contribution in [2.75, 3.05) is 18.4 Å². The zero-order valence-electron chi connectivity index (χ0n) is 18.3. The molecule has 2 heterocycles. The summed E-state index contributed by atoms with van der Waals surface area (Å²) in [5.41, 5.74) is 2.98. The third kappa shape index (κ3) is 5.36. The number of hydrogen-bond donors (Lipinski definition) is 1. The molecule has 166 valence electrons. The first-order chi connectivity index (χ1) is 16.0. The summed E-state index contributed by atoms with van der Waals surface area (Å²) in [4.78, 5) is 31.1. The van der Waals surface area contributed by atoms with E-state index in [1.807, 2.05) is 43.3 Å². The minimum atomic E-state index is -0.379. The Kier molecular flexibility index (Phi) is 6.65. The summed E-state index contributed by atoms with van der Waals surface area (Å²) < 4.78 is 5.73. The second-order valence-electron chi connectivity index (χ2n) is 8.01. The first-order valence-electron chi connectivity index (χ1n) is 10.8. The van der Waals surface area contributed by atoms with E-state index in [2.05, 4.69) is 10.3 Å². The van der Waals surface area contributed by atoms with E-state index in [9.17, 15) is 14.9 Å². The van der Waals surface area contributed by atoms with Crippen LogP contribution < -0.4 is 10.1 Å². The highest BCUT2D eigenvalue weighted by molar-refractivity contribution is 5.97. The molecular weight excluding hydrogens is 416 g/mol. The van der Waals surface area contributed by atoms with Crippen LogP contribution in [0.1, 0.15) is 23.1 Å². The Morgan fingerprint density at radius 2 is 2.03 bits per heavy atom. The van der Waals surface area contributed by atoms with Gasteiger partial charge in [0.15, 0.2) is 0 Å². The molecule has 1 atom stereocenters. The lowest BCUT2D eigenvalue weighted by Gasteiger charge is -2.17. The number of pyridine rings is 1. The van der Waals surface area contributed by atoms with E-state index in [1.54, 1.807) is 41.4 Å². The van der Waals surface area contributed by atoms with Crippen molar-refractivity contribution >= 4 is 17.5 Å². The molecule has 4 rings (SSSR count). The fraction of sp³-hybridized carbons (Fsp3) is 0.231. The van der Waals surface area contributed by atoms with E-state index < -0.39 is 0 Å². The Morgan fingerprint density at radius 3 is 2.79 bits per heavy atom. The normalized spacial score (nSPS) is 15.2. The maximum atomic E-state index is 12.8. The van der Waals surface area contributed by atoms with E-state index in [-0.39, 0.29) is 30.0 Å². The summed E-state index contributed by atoms with van der Waals surface area (Å²) in [7, 11) is 0. The molecule has 3 aromatic rings. The van der Waals surface area contributed by atoms with Crippen molar-refractivity contribution in [3.8, 4) is 17.7 Å². The van der Waals surface area contributed by atoms with Crippen LogP contribution >= 0.6 is 0 Å². The number of aryl methyl sites for hydroxylation is 1. The molecule has 0 aliphatic carbocycles. The van der Waals surface area contributed by atoms with Crippen molar-refractivity contribution in [1.82, 2.24) is 9.88 Å². The fourth-order valence-electron chi connectivity index (χ4n) is 3.82. The molecule has 1 fully saturated rings. The molecule has 1 aromatic heterocycles. The number of aromatic nitrogens is 1. The van der Waals surface area contributed by atoms with E-state index in [4.69, 9.17) is 4.74 Å². The van der Waals surface area contributed by atoms with Gasteiger partial charge in [0.25, 0.3) is 0 Å². The largest absolute Gasteiger partial charge is 0.438 e. The number of hydrogen-bond acceptors (Lipinski definition) is 5. The van der Waals surface area contributed by atoms with Crippen LogP contribution in [0.3, 0.4) is 0 Å². The number of ether oxygens (including phenoxy) is 1. The SMILES string of the molecule is Cc1cc(Oc2ncccc2C#N)ccc1NC(=O)C1CC(=O)N(CCc2ccccc2)C1. The van der Waals surface area contributed by atoms with Gasteiger partial charge in [0.05, 0.1) is 5.92 Å². The number of nitrogens with zero attached hydrogens (tertiary/aromatic N) is 3. The molecule has 2 amide bonds. The van der Waals surface area contributed by atoms with E-state index in [0.717, 1.165) is 12.0 Å². The number of nitrogens with one attached hydrogen (secondary N) is 1. The molecule has 1 saturated heterocycles. The summed E-state index contributed by atoms with van der Waals surface area (Å²) in [6.07, 6.45) is 2.55. The van der Waals surface area contributed by atoms with Gasteiger partial charge in [-0.3, -0.25) is 9.59 Å². The Labute approximate surface area is 192 Å². The molecule has 1 aliphatic heterocycles. The van der Waals surface area contributed by atoms with Gasteiger partial charge in [-0.25, -0.2) is 4.98 Å². The zero-order chi connectivity index (χ0) is 23.2. The molecule has 7 heteroatoms. The standard InChI is InChI=1S/C26H24N4O3/c1-18-14-22(33-26-20(16-27)8-5-12-28-26)9-10-23(18)29-25(32)21-15-24(31)30(17-21)13-11-19-6-3-2-4-7-19/h2-10,12,14,21H,11,13,15,17H2,1H3,(H,29,32). The molecule has 0 saturated carbocycles. The molecule has 1 aliphatic rings. The Bertz CT molecular complexity index is 1200. The van der Waals surface area contributed by atoms with Crippen molar-refractivity contribution in [3.05, 3.63) is 83.6 Å². The predicted octanol–water partition coefficient (Wildman–Crippen LogP) is 4.08. The number of nitriles is 1. The van der Waals surface area contributed by atoms with Gasteiger partial charge in [-0.15, -0.1) is 0 Å². The third-order valence-corrected chi connectivity index (χ3v) is 5.66. The molecule has 0 spiro atoms. The van der Waals surface area contributed by atoms with Crippen LogP contribution in [0, 0.1) is 24.2 Å². The quantitative estimate of drug-likeness (QED) is 0.597. The van der Waals surface area contributed by atoms with Gasteiger partial charge in [0.1, 0.15) is 17.4 Å². The highest BCUT2D eigenvalue weighted by atomic mass is 16.5. The van der Waals surface area contributed by atoms with Crippen LogP contribution in [0.15, 0.2) is 66.9 Å². The van der Waals surface area contributed by atoms with Crippen molar-refractivity contribution in [2.45, 2.75) is 19.8 Å². The van der Waals surface area contributed by atoms with Crippen LogP contribution in [0.2, 0.25) is 0 Å². The molecule has 0 bridgehead atoms. The second-order valence-corrected chi connectivity index (χ2v) is 8.01. The third-order valence-electron chi connectivity index (χ3n) is 5.66. The minimum absolute atomic E-state index is 0.00945. The number of carbonyl (C=O) groups excluding carboxylic acids is 2. The predicted molar refractivity (Wildman–Crippen MR) is 124 cm³/mol. The van der Waals surface area contributed by atoms with Gasteiger partial charge in [-0.2, -0.15) is 5.26 Å². The highest BCUT2D eigenvalue weighted by Gasteiger charge is 2.34. The van der Waals surface area contributed by atoms with Gasteiger partial charge in [-0.1, -0.05) is 30.3 Å². The van der Waals surface area contributed by atoms with Gasteiger partial charge < -0.3 is 15.0 Å². The molecule has 1 N–H and O–H groups in total. The lowest BCUT2D eigenvalue weighted by molar-refractivity contribution is -0.128. The maximum absolute atomic E-state index is 12.8. The smallest absolute Gasteiger partial charge is 0.237 e. The lowest BCUT2D eigenvalue weighted by Crippen LogP contribution is -2.30. The molecule has 2 aromatic carbocycles. The van der Waals surface area contributed by atoms with Crippen molar-refractivity contribution in [3.63, 3.8) is 0 Å². The van der Waals surface area contributed by atoms with Gasteiger partial charge in [0.2, 0.25) is 17.7 Å². The number of carbonyl (C=O) groups is 2. The minimum Gasteiger partial charge on any atom is -0.438 e. The van der Waals surface area contributed by atoms with E-state index in [1.165, 1.54) is 5.56 Å². The summed E-state index contributed by atoms with van der Waals surface area (Å²) in [5, 5.41) is 12.1. The number of anilines is 1. The first-order valence-corrected chi connectivity index (χ1v) is 10.8. The Morgan fingerprint density at radius 1 is 1.21 bits per heavy atom. The van der Waals surface area contributed by atoms with Crippen LogP contribution in [0.5, 0.6) is 11.6 Å². The summed E-state index contributed by atoms with van der Waals surface area (Å²) in [6.45, 7) is 2.89. The van der Waals surface area contributed by atoms with Crippen LogP contribution in [-0.4, -0.2) is 34.8 Å². The monoisotopic (exact) mass is 440 g/mol. The number of amides is 2. The number of benzene rings is 2. The average molecular weight is 441 g/mol. The zero-order valence-corrected chi connectivity index (χ0v) is 18.3. The molecule has 0 radical (unpaired) electrons. The first kappa shape index (κ1) is 22.0. The summed E-state index contributed by atoms with van der Waals surface area (Å²) >= 11 is 0. The Balaban J connectivity index is 1.35. The van der Waals surface area contributed by atoms with Crippen molar-refractivity contribution in [1.29, 1.82) is 5.26 Å². The van der Waals surface area contributed by atoms with Gasteiger partial charge >= 0.3 is 0 Å². The lowest BCUT2D eigenvalue weighted by atomic mass is 10.1. The number of likely N-dealkylation sites (tertiary alicyclic amines) is 1. The summed E-state index contributed by atoms with van der Waals surface area (Å²) in [6, 6.07) is 20.6. The molecule has 7 nitrogen and oxygen atoms in total. The topological polar surface area (TPSA) is 95.3 Å². The van der Waals surface area contributed by atoms with Gasteiger partial charge in [-0.05, 0) is 54.8 Å². The van der Waals surface area contributed by atoms with E-state index in [0.29, 0.717) is 30.1 Å². The highest BCUT2D eigenvalue weighted by Crippen LogP contribution is 2.28. The van der Waals surface area contributed by atoms with E-state index >= 15 is 0 Å². The molecular formula is C26H24N4O3. The van der Waals surface area contributed by atoms with Crippen LogP contribution in [0.4, 0.5) is 5.69 Å². The number of rotatable bonds is 7. The molecule has 1 unspecified atom stereocenters. The molecule has 33 heavy (non-hydrogen) atoms. The summed E-state index contributed by atoms with van der Waals surface area (Å²) in [5.74, 6) is 0.212. The van der Waals surface area contributed by atoms with Crippen LogP contribution in [-0.2, 0) is 16.0 Å².